The number of aromatic carboxylic acids is 1. The van der Waals surface area contributed by atoms with Gasteiger partial charge in [-0.15, -0.1) is 0 Å². The molecule has 0 spiro atoms. The summed E-state index contributed by atoms with van der Waals surface area (Å²) in [5.41, 5.74) is 3.47. The van der Waals surface area contributed by atoms with Crippen molar-refractivity contribution in [2.45, 2.75) is 102 Å². The standard InChI is InChI=1S/C31H42O2/c1-3-30(22-10-18-8-19(12-22)13-23(30)11-18)26-6-5-7-27(28(26)29(32)33)31(4-2)24-14-20-9-21(16-24)17-25(31)15-20/h5-7,18-25H,3-4,8-17H2,1-2H3,(H,32,33). The summed E-state index contributed by atoms with van der Waals surface area (Å²) in [4.78, 5) is 13.2. The molecule has 0 radical (unpaired) electrons. The monoisotopic (exact) mass is 446 g/mol. The Morgan fingerprint density at radius 2 is 1.03 bits per heavy atom. The number of hydrogen-bond donors (Lipinski definition) is 1. The van der Waals surface area contributed by atoms with E-state index in [1.54, 1.807) is 0 Å². The number of hydrogen-bond acceptors (Lipinski definition) is 1. The summed E-state index contributed by atoms with van der Waals surface area (Å²) in [6.07, 6.45) is 15.9. The van der Waals surface area contributed by atoms with Gasteiger partial charge in [0.2, 0.25) is 0 Å². The molecular weight excluding hydrogens is 404 g/mol. The van der Waals surface area contributed by atoms with Crippen molar-refractivity contribution in [1.29, 1.82) is 0 Å². The minimum absolute atomic E-state index is 0.0952. The Morgan fingerprint density at radius 1 is 0.697 bits per heavy atom. The first kappa shape index (κ1) is 21.0. The highest BCUT2D eigenvalue weighted by Crippen LogP contribution is 2.67. The van der Waals surface area contributed by atoms with Crippen molar-refractivity contribution in [3.8, 4) is 0 Å². The third-order valence-corrected chi connectivity index (χ3v) is 12.6. The summed E-state index contributed by atoms with van der Waals surface area (Å²) in [6, 6.07) is 6.83. The molecule has 0 aliphatic heterocycles. The fourth-order valence-corrected chi connectivity index (χ4v) is 12.0. The topological polar surface area (TPSA) is 37.3 Å². The highest BCUT2D eigenvalue weighted by molar-refractivity contribution is 5.92. The fraction of sp³-hybridized carbons (Fsp3) is 0.774. The van der Waals surface area contributed by atoms with Gasteiger partial charge in [0.05, 0.1) is 5.56 Å². The van der Waals surface area contributed by atoms with Crippen LogP contribution >= 0.6 is 0 Å². The first-order chi connectivity index (χ1) is 16.0. The van der Waals surface area contributed by atoms with Gasteiger partial charge in [-0.1, -0.05) is 32.0 Å². The summed E-state index contributed by atoms with van der Waals surface area (Å²) < 4.78 is 0. The summed E-state index contributed by atoms with van der Waals surface area (Å²) in [5.74, 6) is 5.80. The molecule has 0 aromatic heterocycles. The third-order valence-electron chi connectivity index (χ3n) is 12.6. The van der Waals surface area contributed by atoms with Gasteiger partial charge < -0.3 is 5.11 Å². The first-order valence-corrected chi connectivity index (χ1v) is 14.4. The molecule has 1 aromatic carbocycles. The quantitative estimate of drug-likeness (QED) is 0.506. The highest BCUT2D eigenvalue weighted by Gasteiger charge is 2.60. The normalized spacial score (nSPS) is 49.0. The molecule has 0 atom stereocenters. The van der Waals surface area contributed by atoms with E-state index >= 15 is 0 Å². The zero-order valence-electron chi connectivity index (χ0n) is 20.7. The zero-order valence-corrected chi connectivity index (χ0v) is 20.7. The average Bonchev–Trinajstić information content (AvgIpc) is 2.79. The lowest BCUT2D eigenvalue weighted by Gasteiger charge is -2.63. The molecule has 0 heterocycles. The van der Waals surface area contributed by atoms with Gasteiger partial charge >= 0.3 is 5.97 Å². The Labute approximate surface area is 199 Å². The molecule has 0 amide bonds. The van der Waals surface area contributed by atoms with Crippen LogP contribution in [0.2, 0.25) is 0 Å². The highest BCUT2D eigenvalue weighted by atomic mass is 16.4. The smallest absolute Gasteiger partial charge is 0.336 e. The summed E-state index contributed by atoms with van der Waals surface area (Å²) in [7, 11) is 0. The largest absolute Gasteiger partial charge is 0.478 e. The van der Waals surface area contributed by atoms with E-state index < -0.39 is 5.97 Å². The van der Waals surface area contributed by atoms with Gasteiger partial charge in [-0.3, -0.25) is 0 Å². The van der Waals surface area contributed by atoms with E-state index in [9.17, 15) is 9.90 Å². The van der Waals surface area contributed by atoms with Gasteiger partial charge in [0.1, 0.15) is 0 Å². The van der Waals surface area contributed by atoms with Crippen LogP contribution in [0.15, 0.2) is 18.2 Å². The van der Waals surface area contributed by atoms with E-state index in [2.05, 4.69) is 32.0 Å². The number of carboxylic acids is 1. The number of carbonyl (C=O) groups is 1. The van der Waals surface area contributed by atoms with Crippen LogP contribution in [0.3, 0.4) is 0 Å². The Balaban J connectivity index is 1.42. The second-order valence-electron chi connectivity index (χ2n) is 13.4. The second-order valence-corrected chi connectivity index (χ2v) is 13.4. The number of rotatable bonds is 5. The van der Waals surface area contributed by atoms with Crippen LogP contribution in [0.4, 0.5) is 0 Å². The van der Waals surface area contributed by atoms with Crippen molar-refractivity contribution < 1.29 is 9.90 Å². The molecule has 2 nitrogen and oxygen atoms in total. The molecule has 9 rings (SSSR count). The van der Waals surface area contributed by atoms with Crippen molar-refractivity contribution in [3.63, 3.8) is 0 Å². The molecule has 0 unspecified atom stereocenters. The lowest BCUT2D eigenvalue weighted by Crippen LogP contribution is -2.57. The third kappa shape index (κ3) is 2.59. The van der Waals surface area contributed by atoms with Crippen molar-refractivity contribution in [2.24, 2.45) is 47.3 Å². The van der Waals surface area contributed by atoms with Crippen LogP contribution in [-0.4, -0.2) is 11.1 Å². The SMILES string of the molecule is CCC1(c2cccc(C3(CC)C4CC5CC(C4)CC3C5)c2C(=O)O)C2CC3CC(C2)CC1C3. The van der Waals surface area contributed by atoms with Gasteiger partial charge in [0.15, 0.2) is 0 Å². The fourth-order valence-electron chi connectivity index (χ4n) is 12.0. The lowest BCUT2D eigenvalue weighted by molar-refractivity contribution is -0.0667. The maximum absolute atomic E-state index is 13.2. The van der Waals surface area contributed by atoms with Crippen LogP contribution in [0, 0.1) is 47.3 Å². The van der Waals surface area contributed by atoms with Crippen molar-refractivity contribution in [1.82, 2.24) is 0 Å². The molecule has 8 aliphatic rings. The van der Waals surface area contributed by atoms with Crippen LogP contribution in [0.5, 0.6) is 0 Å². The van der Waals surface area contributed by atoms with Crippen molar-refractivity contribution >= 4 is 5.97 Å². The van der Waals surface area contributed by atoms with Crippen LogP contribution in [0.25, 0.3) is 0 Å². The molecule has 0 saturated heterocycles. The van der Waals surface area contributed by atoms with Crippen LogP contribution in [0.1, 0.15) is 112 Å². The van der Waals surface area contributed by atoms with E-state index in [1.165, 1.54) is 75.3 Å². The Kier molecular flexibility index (Phi) is 4.53. The van der Waals surface area contributed by atoms with Gasteiger partial charge in [0.25, 0.3) is 0 Å². The van der Waals surface area contributed by atoms with E-state index in [0.717, 1.165) is 42.1 Å². The zero-order chi connectivity index (χ0) is 22.5. The molecule has 8 saturated carbocycles. The molecule has 8 fully saturated rings. The van der Waals surface area contributed by atoms with Crippen molar-refractivity contribution in [3.05, 3.63) is 34.9 Å². The van der Waals surface area contributed by atoms with E-state index in [0.29, 0.717) is 23.7 Å². The van der Waals surface area contributed by atoms with Gasteiger partial charge in [-0.25, -0.2) is 4.79 Å². The molecule has 8 bridgehead atoms. The number of benzene rings is 1. The predicted octanol–water partition coefficient (Wildman–Crippen LogP) is 7.59. The van der Waals surface area contributed by atoms with Crippen LogP contribution in [-0.2, 0) is 10.8 Å². The van der Waals surface area contributed by atoms with E-state index in [1.807, 2.05) is 0 Å². The minimum atomic E-state index is -0.635. The summed E-state index contributed by atoms with van der Waals surface area (Å²) in [5, 5.41) is 10.9. The minimum Gasteiger partial charge on any atom is -0.478 e. The molecule has 8 aliphatic carbocycles. The van der Waals surface area contributed by atoms with Gasteiger partial charge in [-0.05, 0) is 136 Å². The second kappa shape index (κ2) is 7.11. The van der Waals surface area contributed by atoms with Crippen molar-refractivity contribution in [2.75, 3.05) is 0 Å². The maximum atomic E-state index is 13.2. The predicted molar refractivity (Wildman–Crippen MR) is 131 cm³/mol. The Morgan fingerprint density at radius 3 is 1.30 bits per heavy atom. The molecule has 1 aromatic rings. The number of carboxylic acid groups (broad SMARTS) is 1. The summed E-state index contributed by atoms with van der Waals surface area (Å²) >= 11 is 0. The average molecular weight is 447 g/mol. The molecule has 33 heavy (non-hydrogen) atoms. The molecule has 178 valence electrons. The van der Waals surface area contributed by atoms with Gasteiger partial charge in [-0.2, -0.15) is 0 Å². The first-order valence-electron chi connectivity index (χ1n) is 14.4. The van der Waals surface area contributed by atoms with E-state index in [-0.39, 0.29) is 10.8 Å². The Bertz CT molecular complexity index is 849. The Hall–Kier alpha value is -1.31. The molecular formula is C31H42O2. The van der Waals surface area contributed by atoms with E-state index in [4.69, 9.17) is 0 Å². The lowest BCUT2D eigenvalue weighted by atomic mass is 9.41. The van der Waals surface area contributed by atoms with Crippen LogP contribution < -0.4 is 0 Å². The molecule has 2 heteroatoms. The molecule has 1 N–H and O–H groups in total. The summed E-state index contributed by atoms with van der Waals surface area (Å²) in [6.45, 7) is 4.75. The maximum Gasteiger partial charge on any atom is 0.336 e. The van der Waals surface area contributed by atoms with Gasteiger partial charge in [0, 0.05) is 10.8 Å².